The van der Waals surface area contributed by atoms with E-state index in [1.807, 2.05) is 17.5 Å². The Bertz CT molecular complexity index is 1090. The summed E-state index contributed by atoms with van der Waals surface area (Å²) in [7, 11) is 4.84. The number of rotatable bonds is 6. The molecule has 0 saturated carbocycles. The molecule has 1 atom stereocenters. The van der Waals surface area contributed by atoms with E-state index in [2.05, 4.69) is 15.5 Å². The molecule has 2 amide bonds. The Morgan fingerprint density at radius 2 is 2.10 bits per heavy atom. The van der Waals surface area contributed by atoms with E-state index < -0.39 is 6.04 Å². The van der Waals surface area contributed by atoms with Gasteiger partial charge in [0, 0.05) is 19.7 Å². The van der Waals surface area contributed by atoms with Crippen LogP contribution in [0, 0.1) is 4.77 Å². The van der Waals surface area contributed by atoms with Crippen molar-refractivity contribution in [3.05, 3.63) is 46.0 Å². The molecular formula is C19H21N5O3S2. The van der Waals surface area contributed by atoms with Crippen molar-refractivity contribution in [1.82, 2.24) is 19.7 Å². The first-order chi connectivity index (χ1) is 13.8. The SMILES string of the molecule is COc1ccc(C(=O)N(C)C)cc1NC(=O)C(C)n1c(-c2cccs2)n[nH]c1=S. The molecule has 1 unspecified atom stereocenters. The number of aromatic nitrogens is 3. The number of hydrogen-bond acceptors (Lipinski definition) is 6. The van der Waals surface area contributed by atoms with Crippen molar-refractivity contribution in [3.63, 3.8) is 0 Å². The van der Waals surface area contributed by atoms with Gasteiger partial charge in [-0.15, -0.1) is 11.3 Å². The summed E-state index contributed by atoms with van der Waals surface area (Å²) in [5.74, 6) is 0.563. The van der Waals surface area contributed by atoms with Crippen LogP contribution in [0.3, 0.4) is 0 Å². The molecule has 2 aromatic heterocycles. The Balaban J connectivity index is 1.91. The summed E-state index contributed by atoms with van der Waals surface area (Å²) in [6, 6.07) is 8.08. The highest BCUT2D eigenvalue weighted by Crippen LogP contribution is 2.29. The summed E-state index contributed by atoms with van der Waals surface area (Å²) in [6.45, 7) is 1.74. The van der Waals surface area contributed by atoms with E-state index in [0.717, 1.165) is 4.88 Å². The second kappa shape index (κ2) is 8.58. The Labute approximate surface area is 177 Å². The van der Waals surface area contributed by atoms with Crippen molar-refractivity contribution in [1.29, 1.82) is 0 Å². The van der Waals surface area contributed by atoms with E-state index in [1.54, 1.807) is 43.8 Å². The third-order valence-corrected chi connectivity index (χ3v) is 5.48. The van der Waals surface area contributed by atoms with Crippen LogP contribution in [0.5, 0.6) is 5.75 Å². The molecule has 3 aromatic rings. The molecule has 0 aliphatic rings. The number of H-pyrrole nitrogens is 1. The number of ether oxygens (including phenoxy) is 1. The van der Waals surface area contributed by atoms with Gasteiger partial charge >= 0.3 is 0 Å². The Morgan fingerprint density at radius 3 is 2.72 bits per heavy atom. The number of carbonyl (C=O) groups excluding carboxylic acids is 2. The van der Waals surface area contributed by atoms with Crippen LogP contribution in [0.15, 0.2) is 35.7 Å². The lowest BCUT2D eigenvalue weighted by molar-refractivity contribution is -0.118. The number of aromatic amines is 1. The first-order valence-corrected chi connectivity index (χ1v) is 10.0. The van der Waals surface area contributed by atoms with E-state index in [1.165, 1.54) is 23.3 Å². The van der Waals surface area contributed by atoms with Crippen molar-refractivity contribution in [2.75, 3.05) is 26.5 Å². The minimum Gasteiger partial charge on any atom is -0.495 e. The Hall–Kier alpha value is -2.98. The molecule has 1 aromatic carbocycles. The average Bonchev–Trinajstić information content (AvgIpc) is 3.36. The molecule has 0 spiro atoms. The molecule has 0 bridgehead atoms. The van der Waals surface area contributed by atoms with Crippen LogP contribution in [-0.4, -0.2) is 52.7 Å². The number of methoxy groups -OCH3 is 1. The lowest BCUT2D eigenvalue weighted by Crippen LogP contribution is -2.25. The summed E-state index contributed by atoms with van der Waals surface area (Å²) in [6.07, 6.45) is 0. The summed E-state index contributed by atoms with van der Waals surface area (Å²) in [5, 5.41) is 11.8. The van der Waals surface area contributed by atoms with Gasteiger partial charge in [-0.2, -0.15) is 5.10 Å². The molecule has 3 rings (SSSR count). The molecule has 29 heavy (non-hydrogen) atoms. The van der Waals surface area contributed by atoms with Crippen LogP contribution >= 0.6 is 23.6 Å². The third-order valence-electron chi connectivity index (χ3n) is 4.32. The van der Waals surface area contributed by atoms with Gasteiger partial charge in [-0.3, -0.25) is 19.3 Å². The number of thiophene rings is 1. The van der Waals surface area contributed by atoms with Crippen molar-refractivity contribution in [2.24, 2.45) is 0 Å². The van der Waals surface area contributed by atoms with Crippen molar-refractivity contribution >= 4 is 41.1 Å². The molecular weight excluding hydrogens is 410 g/mol. The van der Waals surface area contributed by atoms with Gasteiger partial charge in [0.05, 0.1) is 17.7 Å². The zero-order chi connectivity index (χ0) is 21.1. The number of nitrogens with zero attached hydrogens (tertiary/aromatic N) is 3. The van der Waals surface area contributed by atoms with E-state index >= 15 is 0 Å². The maximum Gasteiger partial charge on any atom is 0.253 e. The largest absolute Gasteiger partial charge is 0.495 e. The summed E-state index contributed by atoms with van der Waals surface area (Å²) in [5.41, 5.74) is 0.850. The molecule has 0 fully saturated rings. The molecule has 0 saturated heterocycles. The predicted molar refractivity (Wildman–Crippen MR) is 115 cm³/mol. The van der Waals surface area contributed by atoms with Crippen molar-refractivity contribution in [2.45, 2.75) is 13.0 Å². The summed E-state index contributed by atoms with van der Waals surface area (Å²) >= 11 is 6.84. The van der Waals surface area contributed by atoms with Crippen LogP contribution in [-0.2, 0) is 4.79 Å². The maximum absolute atomic E-state index is 13.0. The van der Waals surface area contributed by atoms with Gasteiger partial charge in [0.2, 0.25) is 5.91 Å². The van der Waals surface area contributed by atoms with Crippen molar-refractivity contribution in [3.8, 4) is 16.5 Å². The van der Waals surface area contributed by atoms with Crippen LogP contribution in [0.25, 0.3) is 10.7 Å². The zero-order valence-electron chi connectivity index (χ0n) is 16.4. The molecule has 0 aliphatic heterocycles. The first kappa shape index (κ1) is 20.7. The minimum atomic E-state index is -0.642. The number of hydrogen-bond donors (Lipinski definition) is 2. The van der Waals surface area contributed by atoms with Gasteiger partial charge in [-0.25, -0.2) is 0 Å². The summed E-state index contributed by atoms with van der Waals surface area (Å²) < 4.78 is 7.35. The van der Waals surface area contributed by atoms with Crippen LogP contribution < -0.4 is 10.1 Å². The second-order valence-electron chi connectivity index (χ2n) is 6.48. The number of benzene rings is 1. The fraction of sp³-hybridized carbons (Fsp3) is 0.263. The highest BCUT2D eigenvalue weighted by molar-refractivity contribution is 7.71. The van der Waals surface area contributed by atoms with E-state index in [0.29, 0.717) is 27.6 Å². The molecule has 152 valence electrons. The number of anilines is 1. The molecule has 0 aliphatic carbocycles. The molecule has 2 N–H and O–H groups in total. The van der Waals surface area contributed by atoms with E-state index in [-0.39, 0.29) is 11.8 Å². The zero-order valence-corrected chi connectivity index (χ0v) is 18.1. The van der Waals surface area contributed by atoms with Gasteiger partial charge in [-0.1, -0.05) is 6.07 Å². The van der Waals surface area contributed by atoms with Gasteiger partial charge < -0.3 is 15.0 Å². The van der Waals surface area contributed by atoms with Gasteiger partial charge in [0.1, 0.15) is 11.8 Å². The fourth-order valence-corrected chi connectivity index (χ4v) is 3.80. The molecule has 10 heteroatoms. The van der Waals surface area contributed by atoms with E-state index in [4.69, 9.17) is 17.0 Å². The number of amides is 2. The second-order valence-corrected chi connectivity index (χ2v) is 7.81. The Kier molecular flexibility index (Phi) is 6.14. The number of nitrogens with one attached hydrogen (secondary N) is 2. The van der Waals surface area contributed by atoms with Gasteiger partial charge in [0.15, 0.2) is 10.6 Å². The minimum absolute atomic E-state index is 0.173. The Morgan fingerprint density at radius 1 is 1.34 bits per heavy atom. The number of carbonyl (C=O) groups is 2. The van der Waals surface area contributed by atoms with Gasteiger partial charge in [0.25, 0.3) is 5.91 Å². The monoisotopic (exact) mass is 431 g/mol. The lowest BCUT2D eigenvalue weighted by Gasteiger charge is -2.18. The lowest BCUT2D eigenvalue weighted by atomic mass is 10.1. The quantitative estimate of drug-likeness (QED) is 0.582. The average molecular weight is 432 g/mol. The smallest absolute Gasteiger partial charge is 0.253 e. The standard InChI is InChI=1S/C19H21N5O3S2/c1-11(24-16(21-22-19(24)28)15-6-5-9-29-15)17(25)20-13-10-12(18(26)23(2)3)7-8-14(13)27-4/h5-11H,1-4H3,(H,20,25)(H,22,28). The highest BCUT2D eigenvalue weighted by atomic mass is 32.1. The van der Waals surface area contributed by atoms with Crippen LogP contribution in [0.1, 0.15) is 23.3 Å². The highest BCUT2D eigenvalue weighted by Gasteiger charge is 2.23. The van der Waals surface area contributed by atoms with Crippen LogP contribution in [0.2, 0.25) is 0 Å². The maximum atomic E-state index is 13.0. The molecule has 0 radical (unpaired) electrons. The van der Waals surface area contributed by atoms with E-state index in [9.17, 15) is 9.59 Å². The normalized spacial score (nSPS) is 11.7. The predicted octanol–water partition coefficient (Wildman–Crippen LogP) is 3.58. The molecule has 8 nitrogen and oxygen atoms in total. The third kappa shape index (κ3) is 4.22. The molecule has 2 heterocycles. The van der Waals surface area contributed by atoms with Crippen molar-refractivity contribution < 1.29 is 14.3 Å². The topological polar surface area (TPSA) is 92.2 Å². The van der Waals surface area contributed by atoms with Crippen LogP contribution in [0.4, 0.5) is 5.69 Å². The summed E-state index contributed by atoms with van der Waals surface area (Å²) in [4.78, 5) is 27.6. The first-order valence-electron chi connectivity index (χ1n) is 8.74. The fourth-order valence-electron chi connectivity index (χ4n) is 2.79. The van der Waals surface area contributed by atoms with Gasteiger partial charge in [-0.05, 0) is 48.8 Å².